The SMILES string of the molecule is Cc1ccccc1-c1c(N)noc1-c1sccc1Cl. The van der Waals surface area contributed by atoms with Gasteiger partial charge in [-0.1, -0.05) is 41.0 Å². The Kier molecular flexibility index (Phi) is 3.05. The molecule has 1 aromatic carbocycles. The van der Waals surface area contributed by atoms with Crippen LogP contribution in [-0.2, 0) is 0 Å². The van der Waals surface area contributed by atoms with Gasteiger partial charge in [0.25, 0.3) is 0 Å². The summed E-state index contributed by atoms with van der Waals surface area (Å²) in [5, 5.41) is 6.45. The average Bonchev–Trinajstić information content (AvgIpc) is 2.96. The number of benzene rings is 1. The van der Waals surface area contributed by atoms with E-state index in [0.717, 1.165) is 21.6 Å². The highest BCUT2D eigenvalue weighted by Crippen LogP contribution is 2.42. The Bertz CT molecular complexity index is 733. The van der Waals surface area contributed by atoms with Crippen molar-refractivity contribution in [2.24, 2.45) is 0 Å². The Morgan fingerprint density at radius 1 is 1.26 bits per heavy atom. The summed E-state index contributed by atoms with van der Waals surface area (Å²) in [6.45, 7) is 2.03. The highest BCUT2D eigenvalue weighted by molar-refractivity contribution is 7.14. The van der Waals surface area contributed by atoms with Crippen molar-refractivity contribution in [2.45, 2.75) is 6.92 Å². The molecule has 0 amide bonds. The quantitative estimate of drug-likeness (QED) is 0.749. The van der Waals surface area contributed by atoms with Gasteiger partial charge in [-0.3, -0.25) is 0 Å². The molecule has 2 N–H and O–H groups in total. The van der Waals surface area contributed by atoms with Crippen molar-refractivity contribution in [3.8, 4) is 21.8 Å². The first kappa shape index (κ1) is 12.3. The van der Waals surface area contributed by atoms with E-state index < -0.39 is 0 Å². The van der Waals surface area contributed by atoms with Gasteiger partial charge < -0.3 is 10.3 Å². The summed E-state index contributed by atoms with van der Waals surface area (Å²) in [6.07, 6.45) is 0. The fourth-order valence-corrected chi connectivity index (χ4v) is 3.15. The molecule has 5 heteroatoms. The van der Waals surface area contributed by atoms with Crippen molar-refractivity contribution >= 4 is 28.8 Å². The number of aromatic nitrogens is 1. The largest absolute Gasteiger partial charge is 0.380 e. The van der Waals surface area contributed by atoms with E-state index in [2.05, 4.69) is 5.16 Å². The number of aryl methyl sites for hydroxylation is 1. The molecule has 0 spiro atoms. The van der Waals surface area contributed by atoms with E-state index in [1.165, 1.54) is 11.3 Å². The van der Waals surface area contributed by atoms with E-state index in [1.807, 2.05) is 42.6 Å². The third-order valence-corrected chi connectivity index (χ3v) is 4.30. The molecule has 0 saturated heterocycles. The second-order valence-electron chi connectivity index (χ2n) is 4.18. The van der Waals surface area contributed by atoms with Gasteiger partial charge in [-0.2, -0.15) is 0 Å². The molecule has 96 valence electrons. The van der Waals surface area contributed by atoms with Crippen LogP contribution >= 0.6 is 22.9 Å². The molecule has 3 aromatic rings. The second-order valence-corrected chi connectivity index (χ2v) is 5.51. The fourth-order valence-electron chi connectivity index (χ4n) is 2.03. The monoisotopic (exact) mass is 290 g/mol. The summed E-state index contributed by atoms with van der Waals surface area (Å²) < 4.78 is 5.38. The van der Waals surface area contributed by atoms with Crippen LogP contribution in [-0.4, -0.2) is 5.16 Å². The third-order valence-electron chi connectivity index (χ3n) is 2.96. The minimum absolute atomic E-state index is 0.383. The molecule has 2 heterocycles. The lowest BCUT2D eigenvalue weighted by Gasteiger charge is -2.05. The number of anilines is 1. The van der Waals surface area contributed by atoms with Gasteiger partial charge in [-0.15, -0.1) is 11.3 Å². The number of thiophene rings is 1. The molecule has 0 atom stereocenters. The van der Waals surface area contributed by atoms with Gasteiger partial charge in [0.2, 0.25) is 0 Å². The highest BCUT2D eigenvalue weighted by atomic mass is 35.5. The Hall–Kier alpha value is -1.78. The molecule has 3 nitrogen and oxygen atoms in total. The van der Waals surface area contributed by atoms with Crippen LogP contribution in [0.3, 0.4) is 0 Å². The second kappa shape index (κ2) is 4.72. The minimum Gasteiger partial charge on any atom is -0.380 e. The summed E-state index contributed by atoms with van der Waals surface area (Å²) in [6, 6.07) is 9.82. The van der Waals surface area contributed by atoms with Crippen LogP contribution in [0.2, 0.25) is 5.02 Å². The summed E-state index contributed by atoms with van der Waals surface area (Å²) in [4.78, 5) is 0.851. The van der Waals surface area contributed by atoms with Crippen LogP contribution in [0.4, 0.5) is 5.82 Å². The molecule has 3 rings (SSSR count). The van der Waals surface area contributed by atoms with Gasteiger partial charge in [-0.05, 0) is 29.5 Å². The van der Waals surface area contributed by atoms with Crippen molar-refractivity contribution in [1.29, 1.82) is 0 Å². The predicted molar refractivity (Wildman–Crippen MR) is 79.4 cm³/mol. The zero-order chi connectivity index (χ0) is 13.4. The first-order valence-electron chi connectivity index (χ1n) is 5.73. The molecule has 2 aromatic heterocycles. The number of nitrogens with zero attached hydrogens (tertiary/aromatic N) is 1. The molecular formula is C14H11ClN2OS. The molecule has 0 saturated carbocycles. The summed E-state index contributed by atoms with van der Waals surface area (Å²) >= 11 is 7.67. The van der Waals surface area contributed by atoms with E-state index in [1.54, 1.807) is 0 Å². The lowest BCUT2D eigenvalue weighted by molar-refractivity contribution is 0.437. The zero-order valence-corrected chi connectivity index (χ0v) is 11.8. The van der Waals surface area contributed by atoms with Crippen molar-refractivity contribution in [3.63, 3.8) is 0 Å². The van der Waals surface area contributed by atoms with Crippen molar-refractivity contribution < 1.29 is 4.52 Å². The fraction of sp³-hybridized carbons (Fsp3) is 0.0714. The standard InChI is InChI=1S/C14H11ClN2OS/c1-8-4-2-3-5-9(8)11-12(18-17-14(11)16)13-10(15)6-7-19-13/h2-7H,1H3,(H2,16,17). The van der Waals surface area contributed by atoms with Gasteiger partial charge in [0, 0.05) is 0 Å². The Morgan fingerprint density at radius 2 is 2.05 bits per heavy atom. The molecular weight excluding hydrogens is 280 g/mol. The maximum absolute atomic E-state index is 6.16. The lowest BCUT2D eigenvalue weighted by atomic mass is 10.00. The van der Waals surface area contributed by atoms with Crippen LogP contribution < -0.4 is 5.73 Å². The smallest absolute Gasteiger partial charge is 0.188 e. The topological polar surface area (TPSA) is 52.0 Å². The van der Waals surface area contributed by atoms with Crippen LogP contribution in [0.5, 0.6) is 0 Å². The summed E-state index contributed by atoms with van der Waals surface area (Å²) in [5.41, 5.74) is 8.89. The minimum atomic E-state index is 0.383. The Morgan fingerprint density at radius 3 is 2.74 bits per heavy atom. The number of nitrogens with two attached hydrogens (primary N) is 1. The van der Waals surface area contributed by atoms with Crippen LogP contribution in [0.15, 0.2) is 40.2 Å². The van der Waals surface area contributed by atoms with Gasteiger partial charge in [0.05, 0.1) is 15.5 Å². The molecule has 0 bridgehead atoms. The van der Waals surface area contributed by atoms with Gasteiger partial charge in [0.15, 0.2) is 11.6 Å². The Labute approximate surface area is 119 Å². The van der Waals surface area contributed by atoms with E-state index in [-0.39, 0.29) is 0 Å². The number of hydrogen-bond acceptors (Lipinski definition) is 4. The molecule has 0 aliphatic rings. The highest BCUT2D eigenvalue weighted by Gasteiger charge is 2.21. The first-order chi connectivity index (χ1) is 9.18. The summed E-state index contributed by atoms with van der Waals surface area (Å²) in [5.74, 6) is 1.01. The molecule has 0 aliphatic carbocycles. The molecule has 0 aliphatic heterocycles. The average molecular weight is 291 g/mol. The van der Waals surface area contributed by atoms with Crippen molar-refractivity contribution in [3.05, 3.63) is 46.3 Å². The van der Waals surface area contributed by atoms with Crippen molar-refractivity contribution in [2.75, 3.05) is 5.73 Å². The van der Waals surface area contributed by atoms with Crippen LogP contribution in [0, 0.1) is 6.92 Å². The zero-order valence-electron chi connectivity index (χ0n) is 10.2. The number of halogens is 1. The molecule has 0 radical (unpaired) electrons. The van der Waals surface area contributed by atoms with Gasteiger partial charge in [0.1, 0.15) is 0 Å². The predicted octanol–water partition coefficient (Wildman–Crippen LogP) is 4.61. The molecule has 0 fully saturated rings. The van der Waals surface area contributed by atoms with E-state index in [9.17, 15) is 0 Å². The van der Waals surface area contributed by atoms with Gasteiger partial charge >= 0.3 is 0 Å². The van der Waals surface area contributed by atoms with E-state index >= 15 is 0 Å². The molecule has 19 heavy (non-hydrogen) atoms. The first-order valence-corrected chi connectivity index (χ1v) is 6.98. The maximum Gasteiger partial charge on any atom is 0.188 e. The van der Waals surface area contributed by atoms with E-state index in [4.69, 9.17) is 21.9 Å². The summed E-state index contributed by atoms with van der Waals surface area (Å²) in [7, 11) is 0. The third kappa shape index (κ3) is 2.03. The van der Waals surface area contributed by atoms with Crippen molar-refractivity contribution in [1.82, 2.24) is 5.16 Å². The van der Waals surface area contributed by atoms with Crippen LogP contribution in [0.1, 0.15) is 5.56 Å². The lowest BCUT2D eigenvalue weighted by Crippen LogP contribution is -1.90. The maximum atomic E-state index is 6.16. The molecule has 0 unspecified atom stereocenters. The van der Waals surface area contributed by atoms with Gasteiger partial charge in [-0.25, -0.2) is 0 Å². The number of rotatable bonds is 2. The number of nitrogen functional groups attached to an aromatic ring is 1. The van der Waals surface area contributed by atoms with E-state index in [0.29, 0.717) is 16.6 Å². The Balaban J connectivity index is 2.26. The van der Waals surface area contributed by atoms with Crippen LogP contribution in [0.25, 0.3) is 21.8 Å². The number of hydrogen-bond donors (Lipinski definition) is 1. The normalized spacial score (nSPS) is 10.8.